The van der Waals surface area contributed by atoms with Gasteiger partial charge >= 0.3 is 0 Å². The van der Waals surface area contributed by atoms with Gasteiger partial charge < -0.3 is 10.6 Å². The summed E-state index contributed by atoms with van der Waals surface area (Å²) in [6, 6.07) is 4.46. The third-order valence-electron chi connectivity index (χ3n) is 2.45. The van der Waals surface area contributed by atoms with Crippen molar-refractivity contribution in [2.24, 2.45) is 5.92 Å². The van der Waals surface area contributed by atoms with E-state index in [1.165, 1.54) is 12.1 Å². The first-order valence-electron chi connectivity index (χ1n) is 5.93. The van der Waals surface area contributed by atoms with Crippen molar-refractivity contribution in [3.8, 4) is 0 Å². The summed E-state index contributed by atoms with van der Waals surface area (Å²) >= 11 is 5.78. The van der Waals surface area contributed by atoms with Crippen LogP contribution in [-0.2, 0) is 11.3 Å². The van der Waals surface area contributed by atoms with Crippen molar-refractivity contribution >= 4 is 17.5 Å². The second-order valence-corrected chi connectivity index (χ2v) is 4.79. The lowest BCUT2D eigenvalue weighted by Gasteiger charge is -2.09. The zero-order valence-electron chi connectivity index (χ0n) is 10.6. The van der Waals surface area contributed by atoms with Crippen LogP contribution in [0.2, 0.25) is 5.02 Å². The van der Waals surface area contributed by atoms with Gasteiger partial charge in [0.15, 0.2) is 0 Å². The molecule has 0 atom stereocenters. The lowest BCUT2D eigenvalue weighted by molar-refractivity contribution is -0.123. The highest BCUT2D eigenvalue weighted by Crippen LogP contribution is 2.14. The molecule has 0 aliphatic carbocycles. The molecule has 1 aromatic rings. The standard InChI is InChI=1S/C13H18ClFN2O/c1-9(2)13(18)17-6-5-16-8-10-7-11(14)3-4-12(10)15/h3-4,7,9,16H,5-6,8H2,1-2H3,(H,17,18). The molecule has 0 bridgehead atoms. The van der Waals surface area contributed by atoms with E-state index >= 15 is 0 Å². The molecule has 1 aromatic carbocycles. The third-order valence-corrected chi connectivity index (χ3v) is 2.68. The predicted molar refractivity (Wildman–Crippen MR) is 71.0 cm³/mol. The van der Waals surface area contributed by atoms with Crippen molar-refractivity contribution in [1.82, 2.24) is 10.6 Å². The summed E-state index contributed by atoms with van der Waals surface area (Å²) in [4.78, 5) is 11.3. The van der Waals surface area contributed by atoms with Crippen LogP contribution in [0, 0.1) is 11.7 Å². The Morgan fingerprint density at radius 3 is 2.78 bits per heavy atom. The molecule has 3 nitrogen and oxygen atoms in total. The molecule has 0 aromatic heterocycles. The monoisotopic (exact) mass is 272 g/mol. The molecule has 2 N–H and O–H groups in total. The van der Waals surface area contributed by atoms with E-state index in [2.05, 4.69) is 10.6 Å². The molecule has 0 radical (unpaired) electrons. The fourth-order valence-electron chi connectivity index (χ4n) is 1.38. The molecule has 0 aliphatic heterocycles. The van der Waals surface area contributed by atoms with Crippen LogP contribution >= 0.6 is 11.6 Å². The number of hydrogen-bond donors (Lipinski definition) is 2. The lowest BCUT2D eigenvalue weighted by atomic mass is 10.2. The van der Waals surface area contributed by atoms with Crippen LogP contribution < -0.4 is 10.6 Å². The zero-order valence-corrected chi connectivity index (χ0v) is 11.4. The maximum absolute atomic E-state index is 13.3. The van der Waals surface area contributed by atoms with E-state index in [9.17, 15) is 9.18 Å². The molecular formula is C13H18ClFN2O. The number of carbonyl (C=O) groups is 1. The molecule has 0 spiro atoms. The molecule has 0 unspecified atom stereocenters. The highest BCUT2D eigenvalue weighted by molar-refractivity contribution is 6.30. The Bertz CT molecular complexity index is 410. The Morgan fingerprint density at radius 1 is 1.39 bits per heavy atom. The third kappa shape index (κ3) is 5.02. The van der Waals surface area contributed by atoms with Crippen molar-refractivity contribution in [3.63, 3.8) is 0 Å². The summed E-state index contributed by atoms with van der Waals surface area (Å²) in [6.45, 7) is 5.18. The van der Waals surface area contributed by atoms with Crippen LogP contribution in [0.4, 0.5) is 4.39 Å². The number of carbonyl (C=O) groups excluding carboxylic acids is 1. The first-order valence-corrected chi connectivity index (χ1v) is 6.31. The average molecular weight is 273 g/mol. The minimum atomic E-state index is -0.280. The molecule has 0 aliphatic rings. The summed E-state index contributed by atoms with van der Waals surface area (Å²) in [6.07, 6.45) is 0. The first kappa shape index (κ1) is 14.9. The van der Waals surface area contributed by atoms with E-state index in [0.717, 1.165) is 0 Å². The summed E-state index contributed by atoms with van der Waals surface area (Å²) < 4.78 is 13.3. The normalized spacial score (nSPS) is 10.7. The number of rotatable bonds is 6. The van der Waals surface area contributed by atoms with E-state index in [-0.39, 0.29) is 17.6 Å². The number of benzene rings is 1. The molecule has 0 fully saturated rings. The van der Waals surface area contributed by atoms with Crippen molar-refractivity contribution in [3.05, 3.63) is 34.6 Å². The smallest absolute Gasteiger partial charge is 0.222 e. The van der Waals surface area contributed by atoms with Gasteiger partial charge in [0, 0.05) is 36.1 Å². The second kappa shape index (κ2) is 7.34. The SMILES string of the molecule is CC(C)C(=O)NCCNCc1cc(Cl)ccc1F. The highest BCUT2D eigenvalue weighted by Gasteiger charge is 2.05. The number of halogens is 2. The van der Waals surface area contributed by atoms with Gasteiger partial charge in [0.2, 0.25) is 5.91 Å². The van der Waals surface area contributed by atoms with Crippen molar-refractivity contribution in [2.75, 3.05) is 13.1 Å². The molecule has 100 valence electrons. The Balaban J connectivity index is 2.26. The van der Waals surface area contributed by atoms with Gasteiger partial charge in [-0.1, -0.05) is 25.4 Å². The van der Waals surface area contributed by atoms with Gasteiger partial charge in [-0.3, -0.25) is 4.79 Å². The average Bonchev–Trinajstić information content (AvgIpc) is 2.32. The van der Waals surface area contributed by atoms with E-state index in [1.54, 1.807) is 6.07 Å². The second-order valence-electron chi connectivity index (χ2n) is 4.36. The van der Waals surface area contributed by atoms with Gasteiger partial charge in [0.1, 0.15) is 5.82 Å². The van der Waals surface area contributed by atoms with Crippen LogP contribution in [0.25, 0.3) is 0 Å². The predicted octanol–water partition coefficient (Wildman–Crippen LogP) is 2.34. The number of hydrogen-bond acceptors (Lipinski definition) is 2. The van der Waals surface area contributed by atoms with Gasteiger partial charge in [-0.2, -0.15) is 0 Å². The lowest BCUT2D eigenvalue weighted by Crippen LogP contribution is -2.34. The largest absolute Gasteiger partial charge is 0.355 e. The zero-order chi connectivity index (χ0) is 13.5. The summed E-state index contributed by atoms with van der Waals surface area (Å²) in [7, 11) is 0. The van der Waals surface area contributed by atoms with Gasteiger partial charge in [-0.05, 0) is 18.2 Å². The van der Waals surface area contributed by atoms with Gasteiger partial charge in [0.05, 0.1) is 0 Å². The summed E-state index contributed by atoms with van der Waals surface area (Å²) in [5, 5.41) is 6.34. The molecule has 0 heterocycles. The number of nitrogens with one attached hydrogen (secondary N) is 2. The number of amides is 1. The Hall–Kier alpha value is -1.13. The van der Waals surface area contributed by atoms with E-state index < -0.39 is 0 Å². The van der Waals surface area contributed by atoms with E-state index in [4.69, 9.17) is 11.6 Å². The van der Waals surface area contributed by atoms with Crippen LogP contribution in [0.5, 0.6) is 0 Å². The van der Waals surface area contributed by atoms with Crippen LogP contribution in [0.1, 0.15) is 19.4 Å². The van der Waals surface area contributed by atoms with Crippen LogP contribution in [0.3, 0.4) is 0 Å². The van der Waals surface area contributed by atoms with Crippen LogP contribution in [0.15, 0.2) is 18.2 Å². The van der Waals surface area contributed by atoms with Crippen molar-refractivity contribution in [2.45, 2.75) is 20.4 Å². The Kier molecular flexibility index (Phi) is 6.09. The Labute approximate surface area is 112 Å². The fraction of sp³-hybridized carbons (Fsp3) is 0.462. The molecule has 5 heteroatoms. The molecular weight excluding hydrogens is 255 g/mol. The molecule has 0 saturated carbocycles. The fourth-order valence-corrected chi connectivity index (χ4v) is 1.57. The minimum Gasteiger partial charge on any atom is -0.355 e. The van der Waals surface area contributed by atoms with Gasteiger partial charge in [0.25, 0.3) is 0 Å². The minimum absolute atomic E-state index is 0.0182. The van der Waals surface area contributed by atoms with Gasteiger partial charge in [-0.15, -0.1) is 0 Å². The molecule has 18 heavy (non-hydrogen) atoms. The molecule has 0 saturated heterocycles. The van der Waals surface area contributed by atoms with Crippen molar-refractivity contribution < 1.29 is 9.18 Å². The van der Waals surface area contributed by atoms with Crippen molar-refractivity contribution in [1.29, 1.82) is 0 Å². The summed E-state index contributed by atoms with van der Waals surface area (Å²) in [5.74, 6) is -0.278. The van der Waals surface area contributed by atoms with Crippen LogP contribution in [-0.4, -0.2) is 19.0 Å². The van der Waals surface area contributed by atoms with E-state index in [0.29, 0.717) is 30.2 Å². The molecule has 1 rings (SSSR count). The van der Waals surface area contributed by atoms with E-state index in [1.807, 2.05) is 13.8 Å². The molecule has 1 amide bonds. The maximum atomic E-state index is 13.3. The summed E-state index contributed by atoms with van der Waals surface area (Å²) in [5.41, 5.74) is 0.526. The first-order chi connectivity index (χ1) is 8.50. The highest BCUT2D eigenvalue weighted by atomic mass is 35.5. The quantitative estimate of drug-likeness (QED) is 0.781. The topological polar surface area (TPSA) is 41.1 Å². The Morgan fingerprint density at radius 2 is 2.11 bits per heavy atom. The maximum Gasteiger partial charge on any atom is 0.222 e. The van der Waals surface area contributed by atoms with Gasteiger partial charge in [-0.25, -0.2) is 4.39 Å².